The van der Waals surface area contributed by atoms with Crippen LogP contribution >= 0.6 is 0 Å². The standard InChI is InChI=1S/C25H26B2/c1-5-10-18-16(6-2)24-23-19(12-9-13-20(23)22(18)15(3)4)17-11-7-8-14-21(17)25(24,26)27/h5-15H,1,26-27H2,2-4H3/b16-6+,18-10+. The lowest BCUT2D eigenvalue weighted by atomic mass is 9.44. The maximum Gasteiger partial charge on any atom is 0.110 e. The number of benzene rings is 3. The Labute approximate surface area is 164 Å². The summed E-state index contributed by atoms with van der Waals surface area (Å²) in [5.41, 5.74) is 7.03. The van der Waals surface area contributed by atoms with Gasteiger partial charge in [-0.05, 0) is 67.1 Å². The second kappa shape index (κ2) is 6.30. The van der Waals surface area contributed by atoms with Crippen LogP contribution in [0.3, 0.4) is 0 Å². The molecular weight excluding hydrogens is 322 g/mol. The van der Waals surface area contributed by atoms with E-state index in [0.717, 1.165) is 0 Å². The van der Waals surface area contributed by atoms with Crippen molar-refractivity contribution in [2.75, 3.05) is 0 Å². The molecule has 0 fully saturated rings. The van der Waals surface area contributed by atoms with Crippen molar-refractivity contribution in [1.82, 2.24) is 0 Å². The summed E-state index contributed by atoms with van der Waals surface area (Å²) in [6.45, 7) is 10.8. The molecule has 3 aromatic carbocycles. The number of hydrogen-bond donors (Lipinski definition) is 0. The highest BCUT2D eigenvalue weighted by molar-refractivity contribution is 6.44. The highest BCUT2D eigenvalue weighted by atomic mass is 14.3. The van der Waals surface area contributed by atoms with Crippen molar-refractivity contribution >= 4 is 38.6 Å². The SMILES string of the molecule is BC1(B)c2ccccc2-c2cccc3c(C(C)C)c(=C/C=C)/c(=C\C)c1c23. The van der Waals surface area contributed by atoms with Crippen molar-refractivity contribution in [3.8, 4) is 11.1 Å². The Morgan fingerprint density at radius 2 is 1.67 bits per heavy atom. The van der Waals surface area contributed by atoms with Crippen molar-refractivity contribution in [1.29, 1.82) is 0 Å². The first-order valence-electron chi connectivity index (χ1n) is 9.91. The molecule has 3 aromatic rings. The zero-order valence-corrected chi connectivity index (χ0v) is 17.1. The molecule has 0 amide bonds. The molecule has 0 saturated heterocycles. The normalized spacial score (nSPS) is 16.0. The molecule has 0 nitrogen and oxygen atoms in total. The maximum absolute atomic E-state index is 4.00. The summed E-state index contributed by atoms with van der Waals surface area (Å²) in [7, 11) is 4.74. The molecule has 0 heterocycles. The Balaban J connectivity index is 2.41. The summed E-state index contributed by atoms with van der Waals surface area (Å²) in [6, 6.07) is 15.7. The maximum atomic E-state index is 4.00. The van der Waals surface area contributed by atoms with Crippen LogP contribution in [0.25, 0.3) is 34.1 Å². The molecule has 0 bridgehead atoms. The minimum absolute atomic E-state index is 0.0513. The van der Waals surface area contributed by atoms with Gasteiger partial charge in [0.25, 0.3) is 0 Å². The molecule has 0 N–H and O–H groups in total. The average Bonchev–Trinajstić information content (AvgIpc) is 2.65. The van der Waals surface area contributed by atoms with Gasteiger partial charge in [-0.3, -0.25) is 0 Å². The van der Waals surface area contributed by atoms with Crippen LogP contribution in [0.2, 0.25) is 0 Å². The Bertz CT molecular complexity index is 1200. The van der Waals surface area contributed by atoms with Gasteiger partial charge >= 0.3 is 0 Å². The fraction of sp³-hybridized carbons (Fsp3) is 0.200. The van der Waals surface area contributed by atoms with E-state index in [0.29, 0.717) is 5.92 Å². The molecule has 132 valence electrons. The minimum atomic E-state index is -0.0513. The molecule has 0 aromatic heterocycles. The van der Waals surface area contributed by atoms with Crippen molar-refractivity contribution in [2.24, 2.45) is 0 Å². The molecule has 0 aliphatic heterocycles. The summed E-state index contributed by atoms with van der Waals surface area (Å²) < 4.78 is 0. The zero-order chi connectivity index (χ0) is 19.3. The highest BCUT2D eigenvalue weighted by Crippen LogP contribution is 2.45. The largest absolute Gasteiger partial charge is 0.110 e. The predicted molar refractivity (Wildman–Crippen MR) is 125 cm³/mol. The molecule has 27 heavy (non-hydrogen) atoms. The second-order valence-corrected chi connectivity index (χ2v) is 8.36. The van der Waals surface area contributed by atoms with Crippen LogP contribution < -0.4 is 10.4 Å². The van der Waals surface area contributed by atoms with Crippen LogP contribution in [0.5, 0.6) is 0 Å². The lowest BCUT2D eigenvalue weighted by molar-refractivity contribution is 0.863. The first kappa shape index (κ1) is 17.9. The van der Waals surface area contributed by atoms with E-state index in [2.05, 4.69) is 97.7 Å². The van der Waals surface area contributed by atoms with Crippen LogP contribution in [0, 0.1) is 0 Å². The highest BCUT2D eigenvalue weighted by Gasteiger charge is 2.34. The van der Waals surface area contributed by atoms with Crippen molar-refractivity contribution in [3.63, 3.8) is 0 Å². The Kier molecular flexibility index (Phi) is 4.18. The predicted octanol–water partition coefficient (Wildman–Crippen LogP) is 3.18. The molecule has 0 atom stereocenters. The van der Waals surface area contributed by atoms with Gasteiger partial charge in [-0.15, -0.1) is 0 Å². The molecule has 1 aliphatic rings. The van der Waals surface area contributed by atoms with Gasteiger partial charge in [0.15, 0.2) is 0 Å². The fourth-order valence-corrected chi connectivity index (χ4v) is 5.10. The summed E-state index contributed by atoms with van der Waals surface area (Å²) in [4.78, 5) is 0. The van der Waals surface area contributed by atoms with E-state index in [1.165, 1.54) is 49.0 Å². The summed E-state index contributed by atoms with van der Waals surface area (Å²) in [5, 5.41) is 5.45. The number of rotatable bonds is 2. The molecule has 0 radical (unpaired) electrons. The van der Waals surface area contributed by atoms with E-state index >= 15 is 0 Å². The van der Waals surface area contributed by atoms with E-state index in [9.17, 15) is 0 Å². The zero-order valence-electron chi connectivity index (χ0n) is 17.1. The van der Waals surface area contributed by atoms with Gasteiger partial charge in [-0.2, -0.15) is 0 Å². The van der Waals surface area contributed by atoms with Crippen LogP contribution in [-0.4, -0.2) is 15.7 Å². The van der Waals surface area contributed by atoms with Gasteiger partial charge in [-0.1, -0.05) is 81.1 Å². The molecule has 1 aliphatic carbocycles. The molecule has 0 unspecified atom stereocenters. The average molecular weight is 348 g/mol. The molecule has 4 rings (SSSR count). The number of hydrogen-bond acceptors (Lipinski definition) is 0. The van der Waals surface area contributed by atoms with Crippen molar-refractivity contribution in [3.05, 3.63) is 82.2 Å². The number of fused-ring (bicyclic) bond motifs is 2. The third kappa shape index (κ3) is 2.39. The van der Waals surface area contributed by atoms with Gasteiger partial charge in [0.05, 0.1) is 0 Å². The lowest BCUT2D eigenvalue weighted by Crippen LogP contribution is -2.44. The van der Waals surface area contributed by atoms with Gasteiger partial charge in [0.1, 0.15) is 15.7 Å². The smallest absolute Gasteiger partial charge is 0.0990 e. The second-order valence-electron chi connectivity index (χ2n) is 8.36. The number of allylic oxidation sites excluding steroid dienone is 1. The van der Waals surface area contributed by atoms with E-state index in [1.807, 2.05) is 6.08 Å². The quantitative estimate of drug-likeness (QED) is 0.624. The summed E-state index contributed by atoms with van der Waals surface area (Å²) in [5.74, 6) is 0.444. The monoisotopic (exact) mass is 348 g/mol. The van der Waals surface area contributed by atoms with Crippen LogP contribution in [0.1, 0.15) is 43.4 Å². The Morgan fingerprint density at radius 3 is 2.33 bits per heavy atom. The van der Waals surface area contributed by atoms with Crippen LogP contribution in [0.4, 0.5) is 0 Å². The summed E-state index contributed by atoms with van der Waals surface area (Å²) in [6.07, 6.45) is 6.42. The third-order valence-corrected chi connectivity index (χ3v) is 6.12. The topological polar surface area (TPSA) is 0 Å². The Hall–Kier alpha value is -2.47. The van der Waals surface area contributed by atoms with Gasteiger partial charge < -0.3 is 0 Å². The van der Waals surface area contributed by atoms with E-state index in [1.54, 1.807) is 0 Å². The van der Waals surface area contributed by atoms with Gasteiger partial charge in [0.2, 0.25) is 0 Å². The first-order valence-corrected chi connectivity index (χ1v) is 9.91. The van der Waals surface area contributed by atoms with Crippen LogP contribution in [0.15, 0.2) is 55.1 Å². The fourth-order valence-electron chi connectivity index (χ4n) is 5.10. The van der Waals surface area contributed by atoms with Gasteiger partial charge in [-0.25, -0.2) is 0 Å². The van der Waals surface area contributed by atoms with Gasteiger partial charge in [0, 0.05) is 0 Å². The van der Waals surface area contributed by atoms with Crippen molar-refractivity contribution in [2.45, 2.75) is 31.9 Å². The molecule has 0 saturated carbocycles. The first-order chi connectivity index (χ1) is 12.9. The molecular formula is C25H26B2. The minimum Gasteiger partial charge on any atom is -0.0990 e. The van der Waals surface area contributed by atoms with E-state index < -0.39 is 0 Å². The van der Waals surface area contributed by atoms with Crippen LogP contribution in [-0.2, 0) is 5.21 Å². The third-order valence-electron chi connectivity index (χ3n) is 6.12. The Morgan fingerprint density at radius 1 is 0.963 bits per heavy atom. The molecule has 0 spiro atoms. The van der Waals surface area contributed by atoms with E-state index in [-0.39, 0.29) is 5.21 Å². The summed E-state index contributed by atoms with van der Waals surface area (Å²) >= 11 is 0. The lowest BCUT2D eigenvalue weighted by Gasteiger charge is -2.37. The van der Waals surface area contributed by atoms with E-state index in [4.69, 9.17) is 0 Å². The molecule has 2 heteroatoms. The van der Waals surface area contributed by atoms with Crippen molar-refractivity contribution < 1.29 is 0 Å².